The largest absolute Gasteiger partial charge is 0.416 e. The molecule has 1 saturated carbocycles. The van der Waals surface area contributed by atoms with Crippen LogP contribution in [0.2, 0.25) is 0 Å². The number of hydrogen-bond donors (Lipinski definition) is 1. The number of nitrogens with zero attached hydrogens (tertiary/aromatic N) is 2. The van der Waals surface area contributed by atoms with Crippen LogP contribution in [0.1, 0.15) is 55.2 Å². The molecule has 3 aromatic rings. The van der Waals surface area contributed by atoms with Crippen molar-refractivity contribution in [2.75, 3.05) is 18.4 Å². The van der Waals surface area contributed by atoms with E-state index in [4.69, 9.17) is 0 Å². The molecule has 1 amide bonds. The Bertz CT molecular complexity index is 1210. The number of para-hydroxylation sites is 1. The van der Waals surface area contributed by atoms with Gasteiger partial charge < -0.3 is 5.32 Å². The van der Waals surface area contributed by atoms with Crippen molar-refractivity contribution in [1.29, 1.82) is 0 Å². The molecule has 2 heterocycles. The number of halogens is 3. The lowest BCUT2D eigenvalue weighted by atomic mass is 9.71. The van der Waals surface area contributed by atoms with Crippen molar-refractivity contribution in [2.45, 2.75) is 57.7 Å². The van der Waals surface area contributed by atoms with Crippen LogP contribution in [-0.2, 0) is 23.9 Å². The van der Waals surface area contributed by atoms with Crippen LogP contribution in [0, 0.1) is 5.41 Å². The summed E-state index contributed by atoms with van der Waals surface area (Å²) in [4.78, 5) is 20.4. The van der Waals surface area contributed by atoms with E-state index in [2.05, 4.69) is 15.2 Å². The summed E-state index contributed by atoms with van der Waals surface area (Å²) in [6, 6.07) is 13.7. The van der Waals surface area contributed by atoms with Crippen LogP contribution < -0.4 is 5.32 Å². The summed E-state index contributed by atoms with van der Waals surface area (Å²) < 4.78 is 39.2. The number of nitrogens with one attached hydrogen (secondary N) is 1. The number of fused-ring (bicyclic) bond motifs is 2. The first kappa shape index (κ1) is 23.8. The lowest BCUT2D eigenvalue weighted by Gasteiger charge is -2.38. The fourth-order valence-electron chi connectivity index (χ4n) is 5.63. The van der Waals surface area contributed by atoms with E-state index in [1.165, 1.54) is 12.1 Å². The lowest BCUT2D eigenvalue weighted by molar-refractivity contribution is -0.137. The zero-order chi connectivity index (χ0) is 24.5. The minimum absolute atomic E-state index is 0.0702. The SMILES string of the molecule is O=C(Nc1ccnc2ccccc12)C1(CCN2CCc3cc(C(F)(F)F)ccc3C2)CCCCC1. The Morgan fingerprint density at radius 2 is 1.83 bits per heavy atom. The van der Waals surface area contributed by atoms with E-state index in [0.717, 1.165) is 72.8 Å². The monoisotopic (exact) mass is 481 g/mol. The molecule has 2 aliphatic rings. The first-order valence-electron chi connectivity index (χ1n) is 12.4. The zero-order valence-electron chi connectivity index (χ0n) is 19.7. The Morgan fingerprint density at radius 3 is 2.63 bits per heavy atom. The van der Waals surface area contributed by atoms with E-state index in [9.17, 15) is 18.0 Å². The van der Waals surface area contributed by atoms with Crippen molar-refractivity contribution >= 4 is 22.5 Å². The highest BCUT2D eigenvalue weighted by Gasteiger charge is 2.40. The van der Waals surface area contributed by atoms with E-state index in [1.807, 2.05) is 30.3 Å². The Hall–Kier alpha value is -2.93. The summed E-state index contributed by atoms with van der Waals surface area (Å²) in [5, 5.41) is 4.15. The molecule has 1 aliphatic heterocycles. The fourth-order valence-corrected chi connectivity index (χ4v) is 5.63. The highest BCUT2D eigenvalue weighted by molar-refractivity contribution is 6.03. The topological polar surface area (TPSA) is 45.2 Å². The molecular formula is C28H30F3N3O. The molecule has 0 atom stereocenters. The van der Waals surface area contributed by atoms with Crippen molar-refractivity contribution < 1.29 is 18.0 Å². The van der Waals surface area contributed by atoms with Gasteiger partial charge in [0.15, 0.2) is 0 Å². The van der Waals surface area contributed by atoms with Gasteiger partial charge in [0.25, 0.3) is 0 Å². The van der Waals surface area contributed by atoms with Gasteiger partial charge in [0.2, 0.25) is 5.91 Å². The lowest BCUT2D eigenvalue weighted by Crippen LogP contribution is -2.42. The number of rotatable bonds is 5. The third kappa shape index (κ3) is 5.06. The predicted molar refractivity (Wildman–Crippen MR) is 131 cm³/mol. The number of pyridine rings is 1. The van der Waals surface area contributed by atoms with Crippen molar-refractivity contribution in [2.24, 2.45) is 5.41 Å². The third-order valence-electron chi connectivity index (χ3n) is 7.72. The van der Waals surface area contributed by atoms with Crippen LogP contribution >= 0.6 is 0 Å². The highest BCUT2D eigenvalue weighted by atomic mass is 19.4. The van der Waals surface area contributed by atoms with Gasteiger partial charge in [-0.15, -0.1) is 0 Å². The van der Waals surface area contributed by atoms with Crippen LogP contribution in [0.3, 0.4) is 0 Å². The molecule has 7 heteroatoms. The maximum atomic E-state index is 13.7. The van der Waals surface area contributed by atoms with Crippen LogP contribution in [0.5, 0.6) is 0 Å². The second kappa shape index (κ2) is 9.61. The van der Waals surface area contributed by atoms with E-state index < -0.39 is 17.2 Å². The van der Waals surface area contributed by atoms with Gasteiger partial charge in [0.1, 0.15) is 0 Å². The maximum Gasteiger partial charge on any atom is 0.416 e. The Labute approximate surface area is 203 Å². The molecule has 0 spiro atoms. The molecule has 0 bridgehead atoms. The summed E-state index contributed by atoms with van der Waals surface area (Å²) in [7, 11) is 0. The molecule has 0 unspecified atom stereocenters. The molecule has 0 radical (unpaired) electrons. The van der Waals surface area contributed by atoms with Crippen molar-refractivity contribution in [1.82, 2.24) is 9.88 Å². The van der Waals surface area contributed by atoms with Gasteiger partial charge in [-0.3, -0.25) is 14.7 Å². The molecule has 0 saturated heterocycles. The molecule has 184 valence electrons. The normalized spacial score (nSPS) is 18.3. The minimum atomic E-state index is -4.31. The van der Waals surface area contributed by atoms with E-state index >= 15 is 0 Å². The molecule has 1 aliphatic carbocycles. The van der Waals surface area contributed by atoms with E-state index in [-0.39, 0.29) is 5.91 Å². The molecular weight excluding hydrogens is 451 g/mol. The van der Waals surface area contributed by atoms with Crippen molar-refractivity contribution in [3.05, 3.63) is 71.4 Å². The fraction of sp³-hybridized carbons (Fsp3) is 0.429. The second-order valence-corrected chi connectivity index (χ2v) is 9.93. The molecule has 5 rings (SSSR count). The van der Waals surface area contributed by atoms with Gasteiger partial charge in [-0.2, -0.15) is 13.2 Å². The van der Waals surface area contributed by atoms with Gasteiger partial charge in [0.05, 0.1) is 22.2 Å². The number of aromatic nitrogens is 1. The Kier molecular flexibility index (Phi) is 6.53. The quantitative estimate of drug-likeness (QED) is 0.447. The summed E-state index contributed by atoms with van der Waals surface area (Å²) in [5.41, 5.74) is 2.37. The number of carbonyl (C=O) groups is 1. The number of amides is 1. The summed E-state index contributed by atoms with van der Waals surface area (Å²) >= 11 is 0. The standard InChI is InChI=1S/C28H30F3N3O/c29-28(30,31)22-9-8-21-19-34(16-11-20(21)18-22)17-14-27(12-4-1-5-13-27)26(35)33-25-10-15-32-24-7-3-2-6-23(24)25/h2-3,6-10,15,18H,1,4-5,11-14,16-17,19H2,(H,32,33,35). The molecule has 1 N–H and O–H groups in total. The number of alkyl halides is 3. The average Bonchev–Trinajstić information content (AvgIpc) is 2.87. The molecule has 1 aromatic heterocycles. The van der Waals surface area contributed by atoms with Crippen LogP contribution in [0.4, 0.5) is 18.9 Å². The third-order valence-corrected chi connectivity index (χ3v) is 7.72. The van der Waals surface area contributed by atoms with Crippen LogP contribution in [0.25, 0.3) is 10.9 Å². The van der Waals surface area contributed by atoms with Gasteiger partial charge in [-0.05, 0) is 67.6 Å². The number of benzene rings is 2. The second-order valence-electron chi connectivity index (χ2n) is 9.93. The summed E-state index contributed by atoms with van der Waals surface area (Å²) in [5.74, 6) is 0.0702. The van der Waals surface area contributed by atoms with E-state index in [1.54, 1.807) is 12.3 Å². The molecule has 1 fully saturated rings. The van der Waals surface area contributed by atoms with Crippen LogP contribution in [-0.4, -0.2) is 28.9 Å². The number of anilines is 1. The van der Waals surface area contributed by atoms with Gasteiger partial charge >= 0.3 is 6.18 Å². The van der Waals surface area contributed by atoms with E-state index in [0.29, 0.717) is 19.5 Å². The first-order chi connectivity index (χ1) is 16.8. The number of hydrogen-bond acceptors (Lipinski definition) is 3. The average molecular weight is 482 g/mol. The Balaban J connectivity index is 1.29. The van der Waals surface area contributed by atoms with Gasteiger partial charge in [-0.25, -0.2) is 0 Å². The summed E-state index contributed by atoms with van der Waals surface area (Å²) in [6.45, 7) is 2.09. The van der Waals surface area contributed by atoms with Crippen LogP contribution in [0.15, 0.2) is 54.7 Å². The highest BCUT2D eigenvalue weighted by Crippen LogP contribution is 2.41. The van der Waals surface area contributed by atoms with Gasteiger partial charge in [0, 0.05) is 24.7 Å². The van der Waals surface area contributed by atoms with Crippen molar-refractivity contribution in [3.8, 4) is 0 Å². The number of carbonyl (C=O) groups excluding carboxylic acids is 1. The van der Waals surface area contributed by atoms with Crippen molar-refractivity contribution in [3.63, 3.8) is 0 Å². The maximum absolute atomic E-state index is 13.7. The zero-order valence-corrected chi connectivity index (χ0v) is 19.7. The molecule has 35 heavy (non-hydrogen) atoms. The molecule has 2 aromatic carbocycles. The minimum Gasteiger partial charge on any atom is -0.325 e. The first-order valence-corrected chi connectivity index (χ1v) is 12.4. The summed E-state index contributed by atoms with van der Waals surface area (Å²) in [6.07, 6.45) is 3.70. The molecule has 4 nitrogen and oxygen atoms in total. The predicted octanol–water partition coefficient (Wildman–Crippen LogP) is 6.59. The van der Waals surface area contributed by atoms with Gasteiger partial charge in [-0.1, -0.05) is 43.5 Å². The Morgan fingerprint density at radius 1 is 1.03 bits per heavy atom. The smallest absolute Gasteiger partial charge is 0.325 e.